The predicted octanol–water partition coefficient (Wildman–Crippen LogP) is -3.71. The largest absolute Gasteiger partial charge is 1.00 e. The van der Waals surface area contributed by atoms with Crippen LogP contribution in [0.2, 0.25) is 0 Å². The van der Waals surface area contributed by atoms with Gasteiger partial charge in [-0.3, -0.25) is 0 Å². The van der Waals surface area contributed by atoms with Gasteiger partial charge < -0.3 is 11.3 Å². The fourth-order valence-electron chi connectivity index (χ4n) is 0. The van der Waals surface area contributed by atoms with Crippen LogP contribution in [0.5, 0.6) is 0 Å². The topological polar surface area (TPSA) is 37.3 Å². The van der Waals surface area contributed by atoms with Gasteiger partial charge in [0, 0.05) is 0 Å². The van der Waals surface area contributed by atoms with Gasteiger partial charge in [-0.15, -0.1) is 0 Å². The Balaban J connectivity index is -0.0000000450. The van der Waals surface area contributed by atoms with E-state index in [1.54, 1.807) is 0 Å². The van der Waals surface area contributed by atoms with Crippen molar-refractivity contribution in [1.29, 1.82) is 0 Å². The fourth-order valence-corrected chi connectivity index (χ4v) is 0. The molecule has 0 atom stereocenters. The Morgan fingerprint density at radius 2 is 2.20 bits per heavy atom. The summed E-state index contributed by atoms with van der Waals surface area (Å²) in [5.74, 6) is 0. The summed E-state index contributed by atoms with van der Waals surface area (Å²) in [6.07, 6.45) is 0.431. The molecule has 0 unspecified atom stereocenters. The molecule has 0 rings (SSSR count). The maximum Gasteiger partial charge on any atom is 1.00 e. The summed E-state index contributed by atoms with van der Waals surface area (Å²) < 4.78 is 0. The van der Waals surface area contributed by atoms with Crippen LogP contribution < -0.4 is 18.9 Å². The third kappa shape index (κ3) is 13.9. The molecule has 0 aromatic rings. The Morgan fingerprint density at radius 3 is 2.20 bits per heavy atom. The third-order valence-corrected chi connectivity index (χ3v) is 0.0745. The molecule has 0 bridgehead atoms. The van der Waals surface area contributed by atoms with E-state index < -0.39 is 0 Å². The first-order valence-electron chi connectivity index (χ1n) is 0.960. The van der Waals surface area contributed by atoms with E-state index >= 15 is 0 Å². The van der Waals surface area contributed by atoms with Crippen molar-refractivity contribution >= 4 is 6.29 Å². The molecule has 0 aliphatic rings. The molecule has 0 radical (unpaired) electrons. The van der Waals surface area contributed by atoms with Crippen molar-refractivity contribution < 1.29 is 30.2 Å². The average molecular weight is 68.0 g/mol. The molecular weight excluding hydrogens is 63.0 g/mol. The molecule has 0 fully saturated rings. The summed E-state index contributed by atoms with van der Waals surface area (Å²) in [5.41, 5.74) is 0. The minimum absolute atomic E-state index is 0. The van der Waals surface area contributed by atoms with Crippen LogP contribution in [0.1, 0.15) is 1.43 Å². The Kier molecular flexibility index (Phi) is 15.9. The zero-order chi connectivity index (χ0) is 3.41. The molecule has 0 saturated carbocycles. The third-order valence-electron chi connectivity index (χ3n) is 0.0745. The molecule has 0 amide bonds. The van der Waals surface area contributed by atoms with Crippen molar-refractivity contribution in [2.45, 2.75) is 0 Å². The average Bonchev–Trinajstić information content (AvgIpc) is 1.37. The number of carbonyl (C=O) groups excluding carboxylic acids is 1. The van der Waals surface area contributed by atoms with Crippen LogP contribution in [0.25, 0.3) is 0 Å². The van der Waals surface area contributed by atoms with Gasteiger partial charge in [-0.25, -0.2) is 0 Å². The van der Waals surface area contributed by atoms with Gasteiger partial charge >= 0.3 is 18.9 Å². The summed E-state index contributed by atoms with van der Waals surface area (Å²) in [5, 5.41) is 7.51. The molecule has 0 saturated heterocycles. The van der Waals surface area contributed by atoms with Crippen molar-refractivity contribution in [1.82, 2.24) is 0 Å². The normalized spacial score (nSPS) is 5.00. The minimum Gasteiger partial charge on any atom is -1.00 e. The number of hydrogen-bond acceptors (Lipinski definition) is 2. The molecule has 0 aliphatic heterocycles. The van der Waals surface area contributed by atoms with Crippen LogP contribution >= 0.6 is 0 Å². The number of hydrogen-bond donors (Lipinski definition) is 1. The monoisotopic (exact) mass is 68.0 g/mol. The van der Waals surface area contributed by atoms with Crippen molar-refractivity contribution in [2.24, 2.45) is 0 Å². The standard InChI is InChI=1S/C2H4O2.Li.H/c3-1-2-4;;/h1,4H,2H2;;/q;+1;-1. The number of aliphatic hydroxyl groups excluding tert-OH is 1. The van der Waals surface area contributed by atoms with Gasteiger partial charge in [-0.05, 0) is 0 Å². The molecule has 2 nitrogen and oxygen atoms in total. The molecule has 0 aromatic heterocycles. The van der Waals surface area contributed by atoms with Gasteiger partial charge in [0.05, 0.1) is 6.61 Å². The molecule has 0 aromatic carbocycles. The minimum atomic E-state index is -0.361. The summed E-state index contributed by atoms with van der Waals surface area (Å²) in [6.45, 7) is -0.361. The molecule has 0 aliphatic carbocycles. The summed E-state index contributed by atoms with van der Waals surface area (Å²) >= 11 is 0. The van der Waals surface area contributed by atoms with Crippen molar-refractivity contribution in [3.8, 4) is 0 Å². The Bertz CT molecular complexity index is 25.5. The zero-order valence-electron chi connectivity index (χ0n) is 4.14. The summed E-state index contributed by atoms with van der Waals surface area (Å²) in [7, 11) is 0. The van der Waals surface area contributed by atoms with Gasteiger partial charge in [0.1, 0.15) is 6.29 Å². The molecule has 3 heteroatoms. The van der Waals surface area contributed by atoms with Crippen molar-refractivity contribution in [2.75, 3.05) is 6.61 Å². The van der Waals surface area contributed by atoms with Crippen LogP contribution in [-0.2, 0) is 4.79 Å². The second-order valence-corrected chi connectivity index (χ2v) is 0.349. The molecule has 1 N–H and O–H groups in total. The SMILES string of the molecule is O=CCO.[H-].[Li+]. The summed E-state index contributed by atoms with van der Waals surface area (Å²) in [6, 6.07) is 0. The van der Waals surface area contributed by atoms with Gasteiger partial charge in [-0.2, -0.15) is 0 Å². The van der Waals surface area contributed by atoms with Gasteiger partial charge in [0.15, 0.2) is 0 Å². The molecule has 26 valence electrons. The second-order valence-electron chi connectivity index (χ2n) is 0.349. The van der Waals surface area contributed by atoms with E-state index in [-0.39, 0.29) is 26.9 Å². The Hall–Kier alpha value is 0.227. The summed E-state index contributed by atoms with van der Waals surface area (Å²) in [4.78, 5) is 8.92. The van der Waals surface area contributed by atoms with E-state index in [1.165, 1.54) is 0 Å². The van der Waals surface area contributed by atoms with E-state index in [2.05, 4.69) is 0 Å². The van der Waals surface area contributed by atoms with Gasteiger partial charge in [-0.1, -0.05) is 0 Å². The van der Waals surface area contributed by atoms with Gasteiger partial charge in [0.25, 0.3) is 0 Å². The second kappa shape index (κ2) is 8.88. The van der Waals surface area contributed by atoms with E-state index in [0.717, 1.165) is 0 Å². The van der Waals surface area contributed by atoms with Crippen LogP contribution in [0.15, 0.2) is 0 Å². The van der Waals surface area contributed by atoms with E-state index in [0.29, 0.717) is 6.29 Å². The maximum atomic E-state index is 8.92. The maximum absolute atomic E-state index is 8.92. The molecule has 0 spiro atoms. The van der Waals surface area contributed by atoms with Crippen LogP contribution in [0, 0.1) is 0 Å². The van der Waals surface area contributed by atoms with Crippen LogP contribution in [-0.4, -0.2) is 18.0 Å². The Morgan fingerprint density at radius 1 is 2.00 bits per heavy atom. The fraction of sp³-hybridized carbons (Fsp3) is 0.500. The molecule has 0 heterocycles. The van der Waals surface area contributed by atoms with E-state index in [4.69, 9.17) is 9.90 Å². The quantitative estimate of drug-likeness (QED) is 0.253. The van der Waals surface area contributed by atoms with Crippen molar-refractivity contribution in [3.63, 3.8) is 0 Å². The van der Waals surface area contributed by atoms with E-state index in [1.807, 2.05) is 0 Å². The van der Waals surface area contributed by atoms with E-state index in [9.17, 15) is 0 Å². The van der Waals surface area contributed by atoms with Crippen LogP contribution in [0.3, 0.4) is 0 Å². The molecular formula is C2H5LiO2. The first-order valence-corrected chi connectivity index (χ1v) is 0.960. The predicted molar refractivity (Wildman–Crippen MR) is 14.3 cm³/mol. The smallest absolute Gasteiger partial charge is 1.00 e. The van der Waals surface area contributed by atoms with Gasteiger partial charge in [0.2, 0.25) is 0 Å². The molecule has 5 heavy (non-hydrogen) atoms. The zero-order valence-corrected chi connectivity index (χ0v) is 3.14. The first-order chi connectivity index (χ1) is 1.91. The van der Waals surface area contributed by atoms with Crippen molar-refractivity contribution in [3.05, 3.63) is 0 Å². The van der Waals surface area contributed by atoms with Crippen LogP contribution in [0.4, 0.5) is 0 Å². The number of aldehydes is 1. The number of aliphatic hydroxyl groups is 1. The number of carbonyl (C=O) groups is 1. The number of rotatable bonds is 1. The Labute approximate surface area is 43.8 Å². The first kappa shape index (κ1) is 8.97.